The first-order valence-corrected chi connectivity index (χ1v) is 10.6. The van der Waals surface area contributed by atoms with E-state index in [4.69, 9.17) is 10.5 Å². The molecule has 2 N–H and O–H groups in total. The number of ether oxygens (including phenoxy) is 1. The van der Waals surface area contributed by atoms with E-state index < -0.39 is 17.9 Å². The number of rotatable bonds is 4. The van der Waals surface area contributed by atoms with Crippen LogP contribution >= 0.6 is 12.4 Å². The molecule has 0 aromatic heterocycles. The molecular weight excluding hydrogens is 406 g/mol. The minimum atomic E-state index is -0.784. The van der Waals surface area contributed by atoms with Gasteiger partial charge in [0.1, 0.15) is 6.04 Å². The summed E-state index contributed by atoms with van der Waals surface area (Å²) < 4.78 is 5.78. The predicted octanol–water partition coefficient (Wildman–Crippen LogP) is 1.16. The van der Waals surface area contributed by atoms with Gasteiger partial charge in [-0.25, -0.2) is 0 Å². The van der Waals surface area contributed by atoms with Crippen LogP contribution in [0.4, 0.5) is 0 Å². The molecule has 7 atom stereocenters. The van der Waals surface area contributed by atoms with E-state index in [-0.39, 0.29) is 54.2 Å². The lowest BCUT2D eigenvalue weighted by Gasteiger charge is -2.28. The van der Waals surface area contributed by atoms with Crippen LogP contribution in [0.2, 0.25) is 0 Å². The maximum atomic E-state index is 13.3. The maximum Gasteiger partial charge on any atom is 0.245 e. The maximum absolute atomic E-state index is 13.3. The fraction of sp³-hybridized carbons (Fsp3) is 0.591. The molecule has 0 saturated carbocycles. The Morgan fingerprint density at radius 1 is 1.10 bits per heavy atom. The molecule has 5 rings (SSSR count). The summed E-state index contributed by atoms with van der Waals surface area (Å²) in [6, 6.07) is 9.30. The van der Waals surface area contributed by atoms with Gasteiger partial charge >= 0.3 is 0 Å². The fourth-order valence-corrected chi connectivity index (χ4v) is 5.86. The van der Waals surface area contributed by atoms with Crippen LogP contribution in [-0.2, 0) is 19.1 Å². The zero-order valence-electron chi connectivity index (χ0n) is 17.0. The number of hydrogen-bond acceptors (Lipinski definition) is 5. The van der Waals surface area contributed by atoms with E-state index in [1.54, 1.807) is 11.8 Å². The van der Waals surface area contributed by atoms with Crippen molar-refractivity contribution in [3.05, 3.63) is 35.9 Å². The third kappa shape index (κ3) is 3.06. The monoisotopic (exact) mass is 433 g/mol. The number of nitrogens with zero attached hydrogens (tertiary/aromatic N) is 2. The standard InChI is InChI=1S/C22H27N3O4.ClH/c1-12(25-21(27)18-16-7-8-17(29-16)19(18)22(25)28)20(26)24-10-14(9-23)15(11-24)13-5-3-2-4-6-13;/h2-6,12,14-19H,7-11,23H2,1H3;1H/t12?,14-,15+,16?,17?,18?,19?;/m1./s1. The van der Waals surface area contributed by atoms with Crippen molar-refractivity contribution in [2.24, 2.45) is 23.5 Å². The van der Waals surface area contributed by atoms with Gasteiger partial charge in [0.2, 0.25) is 17.7 Å². The molecule has 162 valence electrons. The van der Waals surface area contributed by atoms with Gasteiger partial charge in [0.15, 0.2) is 0 Å². The van der Waals surface area contributed by atoms with Gasteiger partial charge in [-0.05, 0) is 37.8 Å². The molecule has 8 heteroatoms. The molecule has 4 aliphatic heterocycles. The molecule has 2 bridgehead atoms. The molecule has 30 heavy (non-hydrogen) atoms. The van der Waals surface area contributed by atoms with Crippen LogP contribution in [0.15, 0.2) is 30.3 Å². The Morgan fingerprint density at radius 3 is 2.27 bits per heavy atom. The first kappa shape index (κ1) is 21.3. The highest BCUT2D eigenvalue weighted by molar-refractivity contribution is 6.09. The van der Waals surface area contributed by atoms with Gasteiger partial charge in [0.05, 0.1) is 24.0 Å². The van der Waals surface area contributed by atoms with Gasteiger partial charge < -0.3 is 15.4 Å². The lowest BCUT2D eigenvalue weighted by molar-refractivity contribution is -0.152. The summed E-state index contributed by atoms with van der Waals surface area (Å²) in [5, 5.41) is 0. The predicted molar refractivity (Wildman–Crippen MR) is 112 cm³/mol. The Kier molecular flexibility index (Phi) is 5.64. The van der Waals surface area contributed by atoms with E-state index in [9.17, 15) is 14.4 Å². The zero-order chi connectivity index (χ0) is 20.3. The third-order valence-electron chi connectivity index (χ3n) is 7.35. The summed E-state index contributed by atoms with van der Waals surface area (Å²) >= 11 is 0. The second kappa shape index (κ2) is 7.94. The van der Waals surface area contributed by atoms with Crippen LogP contribution < -0.4 is 5.73 Å². The van der Waals surface area contributed by atoms with Crippen LogP contribution in [0.25, 0.3) is 0 Å². The summed E-state index contributed by atoms with van der Waals surface area (Å²) in [6.45, 7) is 3.28. The number of benzene rings is 1. The molecule has 7 nitrogen and oxygen atoms in total. The number of imide groups is 1. The summed E-state index contributed by atoms with van der Waals surface area (Å²) in [4.78, 5) is 42.2. The first-order valence-electron chi connectivity index (χ1n) is 10.6. The smallest absolute Gasteiger partial charge is 0.245 e. The Labute approximate surface area is 182 Å². The highest BCUT2D eigenvalue weighted by Gasteiger charge is 2.63. The van der Waals surface area contributed by atoms with Crippen LogP contribution in [0, 0.1) is 17.8 Å². The second-order valence-electron chi connectivity index (χ2n) is 8.82. The average Bonchev–Trinajstić information content (AvgIpc) is 3.50. The topological polar surface area (TPSA) is 92.9 Å². The SMILES string of the molecule is CC(C(=O)N1C[C@@H](CN)[C@H](c2ccccc2)C1)N1C(=O)C2C3CCC(O3)C2C1=O.Cl. The van der Waals surface area contributed by atoms with Crippen molar-refractivity contribution >= 4 is 30.1 Å². The van der Waals surface area contributed by atoms with Gasteiger partial charge in [0, 0.05) is 19.0 Å². The van der Waals surface area contributed by atoms with E-state index in [1.165, 1.54) is 10.5 Å². The molecule has 3 amide bonds. The molecule has 4 saturated heterocycles. The number of likely N-dealkylation sites (tertiary alicyclic amines) is 2. The fourth-order valence-electron chi connectivity index (χ4n) is 5.86. The van der Waals surface area contributed by atoms with Gasteiger partial charge in [-0.3, -0.25) is 19.3 Å². The van der Waals surface area contributed by atoms with Crippen molar-refractivity contribution in [1.29, 1.82) is 0 Å². The Bertz CT molecular complexity index is 822. The van der Waals surface area contributed by atoms with Crippen molar-refractivity contribution < 1.29 is 19.1 Å². The number of carbonyl (C=O) groups excluding carboxylic acids is 3. The largest absolute Gasteiger partial charge is 0.373 e. The molecule has 4 heterocycles. The molecule has 4 fully saturated rings. The van der Waals surface area contributed by atoms with E-state index in [2.05, 4.69) is 12.1 Å². The molecule has 0 aliphatic carbocycles. The number of carbonyl (C=O) groups is 3. The number of fused-ring (bicyclic) bond motifs is 5. The number of nitrogens with two attached hydrogens (primary N) is 1. The average molecular weight is 434 g/mol. The molecule has 5 unspecified atom stereocenters. The van der Waals surface area contributed by atoms with Crippen LogP contribution in [0.3, 0.4) is 0 Å². The van der Waals surface area contributed by atoms with E-state index in [1.807, 2.05) is 18.2 Å². The van der Waals surface area contributed by atoms with Gasteiger partial charge in [0.25, 0.3) is 0 Å². The molecule has 4 aliphatic rings. The van der Waals surface area contributed by atoms with E-state index in [0.29, 0.717) is 19.6 Å². The lowest BCUT2D eigenvalue weighted by atomic mass is 9.81. The molecular formula is C22H28ClN3O4. The number of amides is 3. The van der Waals surface area contributed by atoms with E-state index >= 15 is 0 Å². The van der Waals surface area contributed by atoms with Crippen molar-refractivity contribution in [3.63, 3.8) is 0 Å². The highest BCUT2D eigenvalue weighted by atomic mass is 35.5. The Hall–Kier alpha value is -1.96. The summed E-state index contributed by atoms with van der Waals surface area (Å²) in [5.74, 6) is -1.10. The normalized spacial score (nSPS) is 35.5. The molecule has 1 aromatic carbocycles. The van der Waals surface area contributed by atoms with Gasteiger partial charge in [-0.2, -0.15) is 0 Å². The van der Waals surface area contributed by atoms with Crippen LogP contribution in [0.1, 0.15) is 31.2 Å². The van der Waals surface area contributed by atoms with Crippen LogP contribution in [-0.4, -0.2) is 65.4 Å². The van der Waals surface area contributed by atoms with Crippen molar-refractivity contribution in [1.82, 2.24) is 9.80 Å². The first-order chi connectivity index (χ1) is 14.0. The molecule has 1 aromatic rings. The summed E-state index contributed by atoms with van der Waals surface area (Å²) in [5.41, 5.74) is 7.16. The Morgan fingerprint density at radius 2 is 1.70 bits per heavy atom. The minimum Gasteiger partial charge on any atom is -0.373 e. The van der Waals surface area contributed by atoms with Crippen molar-refractivity contribution in [3.8, 4) is 0 Å². The number of hydrogen-bond donors (Lipinski definition) is 1. The number of halogens is 1. The minimum absolute atomic E-state index is 0. The lowest BCUT2D eigenvalue weighted by Crippen LogP contribution is -2.50. The summed E-state index contributed by atoms with van der Waals surface area (Å²) in [7, 11) is 0. The van der Waals surface area contributed by atoms with Gasteiger partial charge in [-0.15, -0.1) is 12.4 Å². The van der Waals surface area contributed by atoms with Crippen molar-refractivity contribution in [2.75, 3.05) is 19.6 Å². The quantitative estimate of drug-likeness (QED) is 0.719. The van der Waals surface area contributed by atoms with Gasteiger partial charge in [-0.1, -0.05) is 30.3 Å². The van der Waals surface area contributed by atoms with E-state index in [0.717, 1.165) is 12.8 Å². The highest BCUT2D eigenvalue weighted by Crippen LogP contribution is 2.49. The zero-order valence-corrected chi connectivity index (χ0v) is 17.8. The summed E-state index contributed by atoms with van der Waals surface area (Å²) in [6.07, 6.45) is 1.32. The molecule has 0 radical (unpaired) electrons. The second-order valence-corrected chi connectivity index (χ2v) is 8.82. The van der Waals surface area contributed by atoms with Crippen LogP contribution in [0.5, 0.6) is 0 Å². The van der Waals surface area contributed by atoms with Crippen molar-refractivity contribution in [2.45, 2.75) is 43.9 Å². The third-order valence-corrected chi connectivity index (χ3v) is 7.35. The molecule has 0 spiro atoms. The Balaban J connectivity index is 0.00000218.